The molecule has 26 heavy (non-hydrogen) atoms. The van der Waals surface area contributed by atoms with Crippen LogP contribution in [-0.2, 0) is 15.7 Å². The number of hydrogen-bond donors (Lipinski definition) is 1. The van der Waals surface area contributed by atoms with Gasteiger partial charge in [-0.1, -0.05) is 0 Å². The lowest BCUT2D eigenvalue weighted by atomic mass is 9.77. The number of methoxy groups -OCH3 is 1. The Morgan fingerprint density at radius 2 is 1.81 bits per heavy atom. The molecule has 0 bridgehead atoms. The number of anilines is 1. The number of ether oxygens (including phenoxy) is 1. The van der Waals surface area contributed by atoms with Gasteiger partial charge in [0.05, 0.1) is 18.6 Å². The molecule has 4 nitrogen and oxygen atoms in total. The summed E-state index contributed by atoms with van der Waals surface area (Å²) in [5.41, 5.74) is 1.08. The number of esters is 1. The molecule has 1 heterocycles. The number of piperazine rings is 1. The van der Waals surface area contributed by atoms with Crippen molar-refractivity contribution in [2.75, 3.05) is 38.2 Å². The van der Waals surface area contributed by atoms with Crippen molar-refractivity contribution in [2.45, 2.75) is 37.8 Å². The molecular weight excluding hydrogens is 345 g/mol. The molecule has 1 aliphatic carbocycles. The zero-order valence-corrected chi connectivity index (χ0v) is 14.9. The van der Waals surface area contributed by atoms with Gasteiger partial charge < -0.3 is 15.0 Å². The van der Waals surface area contributed by atoms with Crippen molar-refractivity contribution >= 4 is 11.7 Å². The lowest BCUT2D eigenvalue weighted by Gasteiger charge is -2.35. The quantitative estimate of drug-likeness (QED) is 0.826. The van der Waals surface area contributed by atoms with E-state index in [1.54, 1.807) is 6.07 Å². The maximum Gasteiger partial charge on any atom is 0.416 e. The molecule has 0 unspecified atom stereocenters. The molecule has 1 saturated carbocycles. The Hall–Kier alpha value is -1.76. The van der Waals surface area contributed by atoms with Crippen molar-refractivity contribution in [3.05, 3.63) is 29.3 Å². The van der Waals surface area contributed by atoms with Gasteiger partial charge in [-0.15, -0.1) is 0 Å². The number of halogens is 3. The highest BCUT2D eigenvalue weighted by Gasteiger charge is 2.34. The normalized spacial score (nSPS) is 24.4. The van der Waals surface area contributed by atoms with Crippen LogP contribution in [0.25, 0.3) is 0 Å². The highest BCUT2D eigenvalue weighted by Crippen LogP contribution is 2.42. The van der Waals surface area contributed by atoms with E-state index in [1.165, 1.54) is 19.2 Å². The Labute approximate surface area is 151 Å². The van der Waals surface area contributed by atoms with Crippen LogP contribution in [0.4, 0.5) is 18.9 Å². The average Bonchev–Trinajstić information content (AvgIpc) is 2.67. The number of hydrogen-bond acceptors (Lipinski definition) is 4. The van der Waals surface area contributed by atoms with Gasteiger partial charge in [-0.05, 0) is 55.4 Å². The first-order valence-corrected chi connectivity index (χ1v) is 9.14. The van der Waals surface area contributed by atoms with Crippen LogP contribution in [0.5, 0.6) is 0 Å². The van der Waals surface area contributed by atoms with Gasteiger partial charge in [0.2, 0.25) is 0 Å². The highest BCUT2D eigenvalue weighted by atomic mass is 19.4. The summed E-state index contributed by atoms with van der Waals surface area (Å²) in [6.07, 6.45) is -1.61. The molecule has 0 aromatic heterocycles. The first kappa shape index (κ1) is 19.0. The molecular formula is C19H25F3N2O2. The Balaban J connectivity index is 1.86. The van der Waals surface area contributed by atoms with Crippen LogP contribution in [0.1, 0.15) is 42.7 Å². The molecule has 1 aromatic rings. The van der Waals surface area contributed by atoms with E-state index in [0.29, 0.717) is 25.7 Å². The van der Waals surface area contributed by atoms with Crippen LogP contribution in [0.3, 0.4) is 0 Å². The maximum absolute atomic E-state index is 13.2. The fourth-order valence-electron chi connectivity index (χ4n) is 4.06. The second kappa shape index (κ2) is 7.86. The van der Waals surface area contributed by atoms with Gasteiger partial charge in [0, 0.05) is 31.9 Å². The van der Waals surface area contributed by atoms with Gasteiger partial charge in [-0.25, -0.2) is 0 Å². The summed E-state index contributed by atoms with van der Waals surface area (Å²) < 4.78 is 44.5. The Morgan fingerprint density at radius 1 is 1.15 bits per heavy atom. The number of alkyl halides is 3. The number of benzene rings is 1. The molecule has 7 heteroatoms. The molecule has 0 amide bonds. The lowest BCUT2D eigenvalue weighted by Crippen LogP contribution is -2.44. The van der Waals surface area contributed by atoms with Crippen molar-refractivity contribution in [3.8, 4) is 0 Å². The number of carbonyl (C=O) groups excluding carboxylic acids is 1. The Bertz CT molecular complexity index is 634. The SMILES string of the molecule is COC(=O)C1CCC(c2cc(C(F)(F)F)ccc2N2CCNCC2)CC1. The molecule has 1 saturated heterocycles. The fourth-order valence-corrected chi connectivity index (χ4v) is 4.06. The first-order valence-electron chi connectivity index (χ1n) is 9.14. The van der Waals surface area contributed by atoms with Crippen molar-refractivity contribution in [3.63, 3.8) is 0 Å². The number of rotatable bonds is 3. The third-order valence-corrected chi connectivity index (χ3v) is 5.51. The Kier molecular flexibility index (Phi) is 5.75. The standard InChI is InChI=1S/C19H25F3N2O2/c1-26-18(25)14-4-2-13(3-5-14)16-12-15(19(20,21)22)6-7-17(16)24-10-8-23-9-11-24/h6-7,12-14,23H,2-5,8-11H2,1H3. The lowest BCUT2D eigenvalue weighted by molar-refractivity contribution is -0.146. The summed E-state index contributed by atoms with van der Waals surface area (Å²) in [6, 6.07) is 4.12. The average molecular weight is 370 g/mol. The molecule has 0 atom stereocenters. The number of carbonyl (C=O) groups is 1. The van der Waals surface area contributed by atoms with Crippen LogP contribution >= 0.6 is 0 Å². The first-order chi connectivity index (χ1) is 12.4. The molecule has 3 rings (SSSR count). The largest absolute Gasteiger partial charge is 0.469 e. The summed E-state index contributed by atoms with van der Waals surface area (Å²) >= 11 is 0. The zero-order chi connectivity index (χ0) is 18.7. The van der Waals surface area contributed by atoms with E-state index >= 15 is 0 Å². The summed E-state index contributed by atoms with van der Waals surface area (Å²) in [5.74, 6) is -0.303. The van der Waals surface area contributed by atoms with E-state index in [-0.39, 0.29) is 17.8 Å². The smallest absolute Gasteiger partial charge is 0.416 e. The van der Waals surface area contributed by atoms with E-state index in [2.05, 4.69) is 10.2 Å². The molecule has 0 radical (unpaired) electrons. The van der Waals surface area contributed by atoms with Crippen molar-refractivity contribution < 1.29 is 22.7 Å². The second-order valence-corrected chi connectivity index (χ2v) is 7.08. The van der Waals surface area contributed by atoms with Crippen LogP contribution in [0.15, 0.2) is 18.2 Å². The number of nitrogens with zero attached hydrogens (tertiary/aromatic N) is 1. The predicted octanol–water partition coefficient (Wildman–Crippen LogP) is 3.56. The molecule has 0 spiro atoms. The van der Waals surface area contributed by atoms with E-state index in [0.717, 1.165) is 37.4 Å². The van der Waals surface area contributed by atoms with Crippen molar-refractivity contribution in [1.29, 1.82) is 0 Å². The minimum atomic E-state index is -4.35. The zero-order valence-electron chi connectivity index (χ0n) is 14.9. The maximum atomic E-state index is 13.2. The van der Waals surface area contributed by atoms with E-state index < -0.39 is 11.7 Å². The molecule has 1 aliphatic heterocycles. The van der Waals surface area contributed by atoms with Gasteiger partial charge in [0.15, 0.2) is 0 Å². The topological polar surface area (TPSA) is 41.6 Å². The van der Waals surface area contributed by atoms with Crippen LogP contribution in [-0.4, -0.2) is 39.3 Å². The molecule has 144 valence electrons. The van der Waals surface area contributed by atoms with Crippen molar-refractivity contribution in [1.82, 2.24) is 5.32 Å². The number of nitrogens with one attached hydrogen (secondary N) is 1. The molecule has 2 aliphatic rings. The Morgan fingerprint density at radius 3 is 2.38 bits per heavy atom. The predicted molar refractivity (Wildman–Crippen MR) is 93.2 cm³/mol. The second-order valence-electron chi connectivity index (χ2n) is 7.08. The van der Waals surface area contributed by atoms with E-state index in [9.17, 15) is 18.0 Å². The van der Waals surface area contributed by atoms with Gasteiger partial charge in [-0.3, -0.25) is 4.79 Å². The third-order valence-electron chi connectivity index (χ3n) is 5.51. The monoisotopic (exact) mass is 370 g/mol. The molecule has 1 N–H and O–H groups in total. The van der Waals surface area contributed by atoms with Gasteiger partial charge >= 0.3 is 12.1 Å². The van der Waals surface area contributed by atoms with Crippen molar-refractivity contribution in [2.24, 2.45) is 5.92 Å². The van der Waals surface area contributed by atoms with Gasteiger partial charge in [0.25, 0.3) is 0 Å². The molecule has 2 fully saturated rings. The minimum absolute atomic E-state index is 0.0445. The molecule has 1 aromatic carbocycles. The van der Waals surface area contributed by atoms with Crippen LogP contribution < -0.4 is 10.2 Å². The fraction of sp³-hybridized carbons (Fsp3) is 0.632. The summed E-state index contributed by atoms with van der Waals surface area (Å²) in [7, 11) is 1.38. The summed E-state index contributed by atoms with van der Waals surface area (Å²) in [6.45, 7) is 3.23. The van der Waals surface area contributed by atoms with Gasteiger partial charge in [-0.2, -0.15) is 13.2 Å². The van der Waals surface area contributed by atoms with Crippen LogP contribution in [0, 0.1) is 5.92 Å². The summed E-state index contributed by atoms with van der Waals surface area (Å²) in [4.78, 5) is 13.9. The van der Waals surface area contributed by atoms with Crippen LogP contribution in [0.2, 0.25) is 0 Å². The summed E-state index contributed by atoms with van der Waals surface area (Å²) in [5, 5.41) is 3.27. The third kappa shape index (κ3) is 4.14. The van der Waals surface area contributed by atoms with Gasteiger partial charge in [0.1, 0.15) is 0 Å². The highest BCUT2D eigenvalue weighted by molar-refractivity contribution is 5.72. The van der Waals surface area contributed by atoms with E-state index in [1.807, 2.05) is 0 Å². The minimum Gasteiger partial charge on any atom is -0.469 e. The van der Waals surface area contributed by atoms with E-state index in [4.69, 9.17) is 4.74 Å².